The maximum Gasteiger partial charge on any atom is 0.320 e. The first-order valence-electron chi connectivity index (χ1n) is 4.95. The van der Waals surface area contributed by atoms with Crippen molar-refractivity contribution in [1.29, 1.82) is 0 Å². The molecule has 2 atom stereocenters. The minimum absolute atomic E-state index is 0.370. The number of esters is 2. The second kappa shape index (κ2) is 5.11. The first kappa shape index (κ1) is 12.0. The fourth-order valence-corrected chi connectivity index (χ4v) is 2.06. The number of aliphatic hydroxyl groups is 1. The Bertz CT molecular complexity index is 234. The minimum atomic E-state index is -0.988. The third-order valence-corrected chi connectivity index (χ3v) is 2.87. The predicted octanol–water partition coefficient (Wildman–Crippen LogP) is 0.110. The number of aliphatic hydroxyl groups excluding tert-OH is 1. The SMILES string of the molecule is COC(=O)C(C(=O)OC)C1CCCC1O. The van der Waals surface area contributed by atoms with Crippen LogP contribution in [0.4, 0.5) is 0 Å². The number of hydrogen-bond acceptors (Lipinski definition) is 5. The molecule has 0 aliphatic heterocycles. The van der Waals surface area contributed by atoms with E-state index in [9.17, 15) is 14.7 Å². The van der Waals surface area contributed by atoms with Crippen LogP contribution >= 0.6 is 0 Å². The molecule has 0 aromatic rings. The van der Waals surface area contributed by atoms with Gasteiger partial charge in [0.1, 0.15) is 0 Å². The predicted molar refractivity (Wildman–Crippen MR) is 50.9 cm³/mol. The summed E-state index contributed by atoms with van der Waals surface area (Å²) in [5, 5.41) is 9.63. The molecule has 1 N–H and O–H groups in total. The standard InChI is InChI=1S/C10H16O5/c1-14-9(12)8(10(13)15-2)6-4-3-5-7(6)11/h6-8,11H,3-5H2,1-2H3. The summed E-state index contributed by atoms with van der Waals surface area (Å²) >= 11 is 0. The Kier molecular flexibility index (Phi) is 4.08. The molecule has 5 heteroatoms. The van der Waals surface area contributed by atoms with E-state index >= 15 is 0 Å². The van der Waals surface area contributed by atoms with E-state index in [0.717, 1.165) is 6.42 Å². The summed E-state index contributed by atoms with van der Waals surface area (Å²) in [7, 11) is 2.44. The highest BCUT2D eigenvalue weighted by Gasteiger charge is 2.42. The molecule has 0 radical (unpaired) electrons. The van der Waals surface area contributed by atoms with Crippen LogP contribution in [-0.4, -0.2) is 37.4 Å². The van der Waals surface area contributed by atoms with Crippen molar-refractivity contribution in [1.82, 2.24) is 0 Å². The lowest BCUT2D eigenvalue weighted by molar-refractivity contribution is -0.163. The summed E-state index contributed by atoms with van der Waals surface area (Å²) in [5.74, 6) is -2.62. The van der Waals surface area contributed by atoms with Gasteiger partial charge in [0.05, 0.1) is 20.3 Å². The summed E-state index contributed by atoms with van der Waals surface area (Å²) in [5.41, 5.74) is 0. The van der Waals surface area contributed by atoms with Crippen LogP contribution < -0.4 is 0 Å². The first-order chi connectivity index (χ1) is 7.11. The van der Waals surface area contributed by atoms with Gasteiger partial charge in [-0.1, -0.05) is 6.42 Å². The van der Waals surface area contributed by atoms with Gasteiger partial charge in [0.25, 0.3) is 0 Å². The zero-order chi connectivity index (χ0) is 11.4. The fourth-order valence-electron chi connectivity index (χ4n) is 2.06. The van der Waals surface area contributed by atoms with Crippen LogP contribution in [0.1, 0.15) is 19.3 Å². The van der Waals surface area contributed by atoms with Crippen LogP contribution in [0.15, 0.2) is 0 Å². The second-order valence-electron chi connectivity index (χ2n) is 3.69. The van der Waals surface area contributed by atoms with E-state index in [2.05, 4.69) is 9.47 Å². The summed E-state index contributed by atoms with van der Waals surface area (Å²) in [6.45, 7) is 0. The molecule has 5 nitrogen and oxygen atoms in total. The van der Waals surface area contributed by atoms with Gasteiger partial charge in [0.15, 0.2) is 5.92 Å². The van der Waals surface area contributed by atoms with Crippen LogP contribution in [0.5, 0.6) is 0 Å². The Morgan fingerprint density at radius 2 is 1.73 bits per heavy atom. The normalized spacial score (nSPS) is 25.3. The number of rotatable bonds is 3. The maximum absolute atomic E-state index is 11.4. The van der Waals surface area contributed by atoms with Crippen LogP contribution in [0.2, 0.25) is 0 Å². The first-order valence-corrected chi connectivity index (χ1v) is 4.95. The Morgan fingerprint density at radius 3 is 2.07 bits per heavy atom. The average Bonchev–Trinajstić information content (AvgIpc) is 2.64. The van der Waals surface area contributed by atoms with E-state index in [0.29, 0.717) is 12.8 Å². The zero-order valence-corrected chi connectivity index (χ0v) is 8.93. The van der Waals surface area contributed by atoms with Gasteiger partial charge in [0.2, 0.25) is 0 Å². The lowest BCUT2D eigenvalue weighted by Crippen LogP contribution is -2.36. The maximum atomic E-state index is 11.4. The lowest BCUT2D eigenvalue weighted by atomic mass is 9.89. The van der Waals surface area contributed by atoms with Gasteiger partial charge < -0.3 is 14.6 Å². The largest absolute Gasteiger partial charge is 0.468 e. The molecule has 0 amide bonds. The Balaban J connectivity index is 2.80. The third kappa shape index (κ3) is 2.47. The molecule has 1 saturated carbocycles. The summed E-state index contributed by atoms with van der Waals surface area (Å²) in [6, 6.07) is 0. The molecular formula is C10H16O5. The van der Waals surface area contributed by atoms with Crippen molar-refractivity contribution in [3.63, 3.8) is 0 Å². The van der Waals surface area contributed by atoms with Gasteiger partial charge in [-0.15, -0.1) is 0 Å². The Hall–Kier alpha value is -1.10. The summed E-state index contributed by atoms with van der Waals surface area (Å²) in [4.78, 5) is 22.8. The van der Waals surface area contributed by atoms with Gasteiger partial charge >= 0.3 is 11.9 Å². The molecular weight excluding hydrogens is 200 g/mol. The quantitative estimate of drug-likeness (QED) is 0.535. The molecule has 0 aromatic heterocycles. The zero-order valence-electron chi connectivity index (χ0n) is 8.93. The van der Waals surface area contributed by atoms with Crippen LogP contribution in [0, 0.1) is 11.8 Å². The molecule has 0 heterocycles. The molecule has 0 aromatic carbocycles. The van der Waals surface area contributed by atoms with Crippen molar-refractivity contribution in [3.8, 4) is 0 Å². The molecule has 1 rings (SSSR count). The fraction of sp³-hybridized carbons (Fsp3) is 0.800. The average molecular weight is 216 g/mol. The van der Waals surface area contributed by atoms with Crippen LogP contribution in [0.25, 0.3) is 0 Å². The number of carbonyl (C=O) groups is 2. The number of ether oxygens (including phenoxy) is 2. The highest BCUT2D eigenvalue weighted by molar-refractivity contribution is 5.95. The third-order valence-electron chi connectivity index (χ3n) is 2.87. The van der Waals surface area contributed by atoms with E-state index in [1.54, 1.807) is 0 Å². The van der Waals surface area contributed by atoms with Crippen molar-refractivity contribution in [2.45, 2.75) is 25.4 Å². The van der Waals surface area contributed by atoms with E-state index in [1.807, 2.05) is 0 Å². The van der Waals surface area contributed by atoms with E-state index in [4.69, 9.17) is 0 Å². The topological polar surface area (TPSA) is 72.8 Å². The van der Waals surface area contributed by atoms with Gasteiger partial charge in [-0.25, -0.2) is 0 Å². The lowest BCUT2D eigenvalue weighted by Gasteiger charge is -2.21. The van der Waals surface area contributed by atoms with Crippen LogP contribution in [0.3, 0.4) is 0 Å². The highest BCUT2D eigenvalue weighted by Crippen LogP contribution is 2.33. The van der Waals surface area contributed by atoms with Gasteiger partial charge in [-0.05, 0) is 12.8 Å². The number of methoxy groups -OCH3 is 2. The molecule has 1 aliphatic rings. The molecule has 86 valence electrons. The number of hydrogen-bond donors (Lipinski definition) is 1. The van der Waals surface area contributed by atoms with Crippen LogP contribution in [-0.2, 0) is 19.1 Å². The van der Waals surface area contributed by atoms with Crippen molar-refractivity contribution in [3.05, 3.63) is 0 Å². The van der Waals surface area contributed by atoms with Gasteiger partial charge in [0, 0.05) is 5.92 Å². The summed E-state index contributed by atoms with van der Waals surface area (Å²) < 4.78 is 9.09. The second-order valence-corrected chi connectivity index (χ2v) is 3.69. The Labute approximate surface area is 88.4 Å². The molecule has 0 saturated heterocycles. The summed E-state index contributed by atoms with van der Waals surface area (Å²) in [6.07, 6.45) is 1.47. The van der Waals surface area contributed by atoms with E-state index in [-0.39, 0.29) is 5.92 Å². The molecule has 1 fully saturated rings. The molecule has 1 aliphatic carbocycles. The monoisotopic (exact) mass is 216 g/mol. The van der Waals surface area contributed by atoms with Crippen molar-refractivity contribution >= 4 is 11.9 Å². The molecule has 0 bridgehead atoms. The van der Waals surface area contributed by atoms with Crippen molar-refractivity contribution in [2.75, 3.05) is 14.2 Å². The Morgan fingerprint density at radius 1 is 1.20 bits per heavy atom. The molecule has 2 unspecified atom stereocenters. The highest BCUT2D eigenvalue weighted by atomic mass is 16.5. The minimum Gasteiger partial charge on any atom is -0.468 e. The molecule has 0 spiro atoms. The van der Waals surface area contributed by atoms with E-state index < -0.39 is 24.0 Å². The van der Waals surface area contributed by atoms with Crippen molar-refractivity contribution in [2.24, 2.45) is 11.8 Å². The number of carbonyl (C=O) groups excluding carboxylic acids is 2. The van der Waals surface area contributed by atoms with Gasteiger partial charge in [-0.3, -0.25) is 9.59 Å². The smallest absolute Gasteiger partial charge is 0.320 e. The van der Waals surface area contributed by atoms with E-state index in [1.165, 1.54) is 14.2 Å². The molecule has 15 heavy (non-hydrogen) atoms. The van der Waals surface area contributed by atoms with Gasteiger partial charge in [-0.2, -0.15) is 0 Å². The van der Waals surface area contributed by atoms with Crippen molar-refractivity contribution < 1.29 is 24.2 Å².